The predicted octanol–water partition coefficient (Wildman–Crippen LogP) is 2.07. The summed E-state index contributed by atoms with van der Waals surface area (Å²) in [6, 6.07) is 0. The van der Waals surface area contributed by atoms with Crippen LogP contribution in [-0.2, 0) is 33.4 Å². The number of carbonyl (C=O) groups is 4. The fraction of sp³-hybridized carbons (Fsp3) is 0.600. The monoisotopic (exact) mass is 473 g/mol. The molecule has 184 valence electrons. The number of fused-ring (bicyclic) bond motifs is 4. The molecule has 0 amide bonds. The molecule has 0 bridgehead atoms. The second kappa shape index (κ2) is 8.37. The van der Waals surface area contributed by atoms with Gasteiger partial charge in [-0.05, 0) is 25.8 Å². The maximum atomic E-state index is 13.7. The van der Waals surface area contributed by atoms with Crippen LogP contribution in [0.1, 0.15) is 47.0 Å². The number of ketones is 2. The molecule has 5 atom stereocenters. The second-order valence-electron chi connectivity index (χ2n) is 9.78. The summed E-state index contributed by atoms with van der Waals surface area (Å²) in [6.07, 6.45) is 0.615. The van der Waals surface area contributed by atoms with Crippen LogP contribution in [0.5, 0.6) is 0 Å². The fourth-order valence-electron chi connectivity index (χ4n) is 6.30. The highest BCUT2D eigenvalue weighted by atomic mass is 16.6. The topological polar surface area (TPSA) is 128 Å². The van der Waals surface area contributed by atoms with Gasteiger partial charge in [0.25, 0.3) is 0 Å². The lowest BCUT2D eigenvalue weighted by molar-refractivity contribution is -0.160. The van der Waals surface area contributed by atoms with Gasteiger partial charge in [-0.2, -0.15) is 0 Å². The number of nitrogens with one attached hydrogen (secondary N) is 1. The summed E-state index contributed by atoms with van der Waals surface area (Å²) < 4.78 is 16.9. The molecule has 0 aromatic carbocycles. The molecule has 9 heteroatoms. The van der Waals surface area contributed by atoms with Gasteiger partial charge in [-0.25, -0.2) is 4.79 Å². The normalized spacial score (nSPS) is 36.2. The number of aliphatic hydroxyl groups excluding tert-OH is 1. The highest BCUT2D eigenvalue weighted by Gasteiger charge is 2.64. The minimum Gasteiger partial charge on any atom is -0.504 e. The predicted molar refractivity (Wildman–Crippen MR) is 119 cm³/mol. The fourth-order valence-corrected chi connectivity index (χ4v) is 6.30. The number of methoxy groups -OCH3 is 1. The molecule has 4 rings (SSSR count). The number of hydrogen-bond acceptors (Lipinski definition) is 9. The van der Waals surface area contributed by atoms with Crippen LogP contribution in [-0.4, -0.2) is 61.1 Å². The van der Waals surface area contributed by atoms with E-state index in [1.807, 2.05) is 6.92 Å². The molecular formula is C25H31NO8. The number of carbonyl (C=O) groups excluding carboxylic acids is 4. The smallest absolute Gasteiger partial charge is 0.340 e. The van der Waals surface area contributed by atoms with Crippen LogP contribution in [0.4, 0.5) is 0 Å². The molecule has 1 saturated heterocycles. The van der Waals surface area contributed by atoms with Gasteiger partial charge >= 0.3 is 11.9 Å². The number of hydrogen-bond donors (Lipinski definition) is 2. The Kier molecular flexibility index (Phi) is 5.96. The Morgan fingerprint density at radius 1 is 1.29 bits per heavy atom. The molecule has 1 saturated carbocycles. The Bertz CT molecular complexity index is 1070. The number of allylic oxidation sites excluding steroid dienone is 1. The number of ether oxygens (including phenoxy) is 3. The van der Waals surface area contributed by atoms with Gasteiger partial charge in [0.1, 0.15) is 18.0 Å². The first kappa shape index (κ1) is 24.2. The standard InChI is InChI=1S/C25H31NO8/c1-6-26-10-13-19-22(30)21(29)18-14-7-8-16(28)24(14,3)9-15(33-12(2)27)20(18)25(19,4)17(11-32-5)34-23(13)31/h10,14-15,17,26,30H,6-9,11H2,1-5H3/t14-,15+,17+,24-,25-/m0/s1. The van der Waals surface area contributed by atoms with E-state index in [0.717, 1.165) is 0 Å². The maximum Gasteiger partial charge on any atom is 0.340 e. The first-order chi connectivity index (χ1) is 16.0. The summed E-state index contributed by atoms with van der Waals surface area (Å²) in [6.45, 7) is 7.18. The summed E-state index contributed by atoms with van der Waals surface area (Å²) in [5.41, 5.74) is -1.18. The van der Waals surface area contributed by atoms with Crippen LogP contribution in [0, 0.1) is 16.7 Å². The average molecular weight is 474 g/mol. The number of rotatable bonds is 5. The molecule has 4 aliphatic rings. The SMILES string of the molecule is CCNC=C1C(=O)O[C@H](COC)[C@@]2(C)C1=C(O)C(=O)C1=C2[C@H](OC(C)=O)C[C@]2(C)C(=O)CC[C@@H]12. The van der Waals surface area contributed by atoms with Gasteiger partial charge in [0.15, 0.2) is 5.76 Å². The molecule has 1 heterocycles. The number of aliphatic hydroxyl groups is 1. The van der Waals surface area contributed by atoms with Gasteiger partial charge in [-0.3, -0.25) is 14.4 Å². The van der Waals surface area contributed by atoms with Crippen LogP contribution in [0.25, 0.3) is 0 Å². The number of Topliss-reactive ketones (excluding diaryl/α,β-unsaturated/α-hetero) is 2. The van der Waals surface area contributed by atoms with Crippen molar-refractivity contribution in [3.05, 3.63) is 34.3 Å². The van der Waals surface area contributed by atoms with Crippen LogP contribution < -0.4 is 5.32 Å². The molecule has 2 fully saturated rings. The third kappa shape index (κ3) is 3.24. The molecular weight excluding hydrogens is 442 g/mol. The van der Waals surface area contributed by atoms with E-state index in [0.29, 0.717) is 25.0 Å². The van der Waals surface area contributed by atoms with Crippen molar-refractivity contribution in [2.75, 3.05) is 20.3 Å². The van der Waals surface area contributed by atoms with E-state index in [4.69, 9.17) is 14.2 Å². The zero-order valence-electron chi connectivity index (χ0n) is 20.1. The number of esters is 2. The van der Waals surface area contributed by atoms with E-state index in [-0.39, 0.29) is 35.5 Å². The highest BCUT2D eigenvalue weighted by molar-refractivity contribution is 6.14. The van der Waals surface area contributed by atoms with Crippen molar-refractivity contribution in [3.63, 3.8) is 0 Å². The lowest BCUT2D eigenvalue weighted by atomic mass is 9.53. The maximum absolute atomic E-state index is 13.7. The minimum absolute atomic E-state index is 0.00432. The van der Waals surface area contributed by atoms with Gasteiger partial charge < -0.3 is 24.6 Å². The largest absolute Gasteiger partial charge is 0.504 e. The van der Waals surface area contributed by atoms with E-state index in [9.17, 15) is 24.3 Å². The summed E-state index contributed by atoms with van der Waals surface area (Å²) in [5, 5.41) is 14.2. The third-order valence-electron chi connectivity index (χ3n) is 7.87. The van der Waals surface area contributed by atoms with Crippen molar-refractivity contribution >= 4 is 23.5 Å². The Balaban J connectivity index is 2.03. The van der Waals surface area contributed by atoms with E-state index in [2.05, 4.69) is 5.32 Å². The first-order valence-corrected chi connectivity index (χ1v) is 11.6. The molecule has 3 aliphatic carbocycles. The molecule has 0 radical (unpaired) electrons. The quantitative estimate of drug-likeness (QED) is 0.455. The molecule has 0 unspecified atom stereocenters. The zero-order chi connectivity index (χ0) is 25.0. The highest BCUT2D eigenvalue weighted by Crippen LogP contribution is 2.62. The Morgan fingerprint density at radius 3 is 2.62 bits per heavy atom. The number of cyclic esters (lactones) is 1. The Morgan fingerprint density at radius 2 is 2.00 bits per heavy atom. The van der Waals surface area contributed by atoms with Gasteiger partial charge in [0, 0.05) is 62.1 Å². The van der Waals surface area contributed by atoms with E-state index in [1.165, 1.54) is 20.2 Å². The van der Waals surface area contributed by atoms with Crippen molar-refractivity contribution in [3.8, 4) is 0 Å². The van der Waals surface area contributed by atoms with Gasteiger partial charge in [0.05, 0.1) is 17.6 Å². The molecule has 34 heavy (non-hydrogen) atoms. The lowest BCUT2D eigenvalue weighted by Crippen LogP contribution is -2.57. The Hall–Kier alpha value is -2.94. The van der Waals surface area contributed by atoms with Gasteiger partial charge in [-0.15, -0.1) is 0 Å². The summed E-state index contributed by atoms with van der Waals surface area (Å²) in [4.78, 5) is 51.7. The molecule has 1 aliphatic heterocycles. The zero-order valence-corrected chi connectivity index (χ0v) is 20.1. The minimum atomic E-state index is -1.22. The summed E-state index contributed by atoms with van der Waals surface area (Å²) in [5.74, 6) is -2.87. The van der Waals surface area contributed by atoms with Crippen LogP contribution >= 0.6 is 0 Å². The van der Waals surface area contributed by atoms with Crippen LogP contribution in [0.3, 0.4) is 0 Å². The van der Waals surface area contributed by atoms with Crippen LogP contribution in [0.15, 0.2) is 34.3 Å². The average Bonchev–Trinajstić information content (AvgIpc) is 3.06. The van der Waals surface area contributed by atoms with E-state index >= 15 is 0 Å². The van der Waals surface area contributed by atoms with E-state index < -0.39 is 52.4 Å². The van der Waals surface area contributed by atoms with Crippen molar-refractivity contribution in [2.24, 2.45) is 16.7 Å². The molecule has 0 spiro atoms. The molecule has 9 nitrogen and oxygen atoms in total. The summed E-state index contributed by atoms with van der Waals surface area (Å²) >= 11 is 0. The molecule has 0 aromatic rings. The summed E-state index contributed by atoms with van der Waals surface area (Å²) in [7, 11) is 1.46. The van der Waals surface area contributed by atoms with E-state index in [1.54, 1.807) is 13.8 Å². The van der Waals surface area contributed by atoms with Crippen LogP contribution in [0.2, 0.25) is 0 Å². The third-order valence-corrected chi connectivity index (χ3v) is 7.87. The van der Waals surface area contributed by atoms with Crippen molar-refractivity contribution in [1.82, 2.24) is 5.32 Å². The van der Waals surface area contributed by atoms with Gasteiger partial charge in [0.2, 0.25) is 5.78 Å². The Labute approximate surface area is 198 Å². The first-order valence-electron chi connectivity index (χ1n) is 11.6. The van der Waals surface area contributed by atoms with Crippen molar-refractivity contribution < 1.29 is 38.5 Å². The van der Waals surface area contributed by atoms with Crippen molar-refractivity contribution in [2.45, 2.75) is 59.2 Å². The molecule has 2 N–H and O–H groups in total. The lowest BCUT2D eigenvalue weighted by Gasteiger charge is -2.53. The van der Waals surface area contributed by atoms with Gasteiger partial charge in [-0.1, -0.05) is 6.92 Å². The molecule has 0 aromatic heterocycles. The second-order valence-corrected chi connectivity index (χ2v) is 9.78. The van der Waals surface area contributed by atoms with Crippen molar-refractivity contribution in [1.29, 1.82) is 0 Å².